The monoisotopic (exact) mass is 536 g/mol. The minimum atomic E-state index is -0.414. The first kappa shape index (κ1) is 31.3. The van der Waals surface area contributed by atoms with E-state index >= 15 is 0 Å². The van der Waals surface area contributed by atoms with Crippen LogP contribution in [0.4, 0.5) is 0 Å². The van der Waals surface area contributed by atoms with E-state index in [2.05, 4.69) is 25.2 Å². The van der Waals surface area contributed by atoms with Gasteiger partial charge < -0.3 is 28.8 Å². The van der Waals surface area contributed by atoms with Crippen LogP contribution in [0.2, 0.25) is 0 Å². The van der Waals surface area contributed by atoms with E-state index in [4.69, 9.17) is 23.7 Å². The number of allylic oxidation sites excluding steroid dienone is 2. The molecule has 1 aliphatic carbocycles. The van der Waals surface area contributed by atoms with Gasteiger partial charge in [0.05, 0.1) is 25.4 Å². The maximum absolute atomic E-state index is 11.3. The van der Waals surface area contributed by atoms with Crippen LogP contribution < -0.4 is 0 Å². The van der Waals surface area contributed by atoms with Crippen LogP contribution in [0, 0.1) is 11.8 Å². The first-order valence-corrected chi connectivity index (χ1v) is 15.2. The molecule has 3 rings (SSSR count). The Morgan fingerprint density at radius 1 is 1.03 bits per heavy atom. The maximum atomic E-state index is 11.3. The van der Waals surface area contributed by atoms with Crippen molar-refractivity contribution in [2.24, 2.45) is 11.8 Å². The molecule has 0 aromatic carbocycles. The fraction of sp³-hybridized carbons (Fsp3) is 0.839. The molecule has 3 fully saturated rings. The highest BCUT2D eigenvalue weighted by Gasteiger charge is 2.42. The molecule has 1 saturated carbocycles. The lowest BCUT2D eigenvalue weighted by atomic mass is 9.88. The van der Waals surface area contributed by atoms with Gasteiger partial charge in [-0.25, -0.2) is 0 Å². The van der Waals surface area contributed by atoms with Gasteiger partial charge in [-0.1, -0.05) is 50.5 Å². The molecule has 1 N–H and O–H groups in total. The molecule has 3 aliphatic rings. The van der Waals surface area contributed by atoms with E-state index in [0.29, 0.717) is 19.3 Å². The van der Waals surface area contributed by atoms with Crippen molar-refractivity contribution in [2.45, 2.75) is 134 Å². The summed E-state index contributed by atoms with van der Waals surface area (Å²) in [6.45, 7) is 3.74. The van der Waals surface area contributed by atoms with E-state index in [9.17, 15) is 9.90 Å². The molecule has 0 aromatic heterocycles. The highest BCUT2D eigenvalue weighted by atomic mass is 16.7. The van der Waals surface area contributed by atoms with Gasteiger partial charge in [0.2, 0.25) is 0 Å². The Morgan fingerprint density at radius 2 is 1.76 bits per heavy atom. The van der Waals surface area contributed by atoms with Gasteiger partial charge in [0, 0.05) is 32.0 Å². The standard InChI is InChI=1S/C31H52O7/c1-3-4-7-14-24(37-30-17-10-12-21-35-30)19-20-26-25(15-8-5-6-9-16-29(33)34-2)27(32)23-28(26)38-31-18-11-13-22-36-31/h5-6,19-20,24-28,30-32H,3-4,7-18,21-23H2,1-2H3/b6-5-,20-19+/t24-,25+,26+,27-,28+,30?,31?/m0/s1. The highest BCUT2D eigenvalue weighted by molar-refractivity contribution is 5.69. The van der Waals surface area contributed by atoms with Crippen molar-refractivity contribution in [3.05, 3.63) is 24.3 Å². The van der Waals surface area contributed by atoms with Gasteiger partial charge in [0.1, 0.15) is 0 Å². The Bertz CT molecular complexity index is 696. The van der Waals surface area contributed by atoms with E-state index in [1.54, 1.807) is 0 Å². The molecule has 0 amide bonds. The van der Waals surface area contributed by atoms with Crippen LogP contribution in [-0.4, -0.2) is 62.3 Å². The summed E-state index contributed by atoms with van der Waals surface area (Å²) in [6.07, 6.45) is 22.1. The van der Waals surface area contributed by atoms with Crippen LogP contribution in [-0.2, 0) is 28.5 Å². The van der Waals surface area contributed by atoms with Crippen molar-refractivity contribution >= 4 is 5.97 Å². The number of unbranched alkanes of at least 4 members (excludes halogenated alkanes) is 2. The third-order valence-electron chi connectivity index (χ3n) is 8.04. The molecule has 2 unspecified atom stereocenters. The smallest absolute Gasteiger partial charge is 0.305 e. The summed E-state index contributed by atoms with van der Waals surface area (Å²) in [5.41, 5.74) is 0. The molecule has 218 valence electrons. The number of ether oxygens (including phenoxy) is 5. The first-order chi connectivity index (χ1) is 18.6. The summed E-state index contributed by atoms with van der Waals surface area (Å²) in [7, 11) is 1.42. The van der Waals surface area contributed by atoms with Gasteiger partial charge in [-0.2, -0.15) is 0 Å². The van der Waals surface area contributed by atoms with Crippen molar-refractivity contribution in [3.63, 3.8) is 0 Å². The van der Waals surface area contributed by atoms with Gasteiger partial charge in [-0.15, -0.1) is 0 Å². The van der Waals surface area contributed by atoms with E-state index in [-0.39, 0.29) is 42.6 Å². The molecule has 38 heavy (non-hydrogen) atoms. The van der Waals surface area contributed by atoms with Crippen LogP contribution >= 0.6 is 0 Å². The molecule has 2 heterocycles. The lowest BCUT2D eigenvalue weighted by Gasteiger charge is -2.30. The average Bonchev–Trinajstić information content (AvgIpc) is 3.23. The number of aliphatic hydroxyl groups excluding tert-OH is 1. The molecule has 0 aromatic rings. The number of rotatable bonds is 16. The minimum Gasteiger partial charge on any atom is -0.469 e. The van der Waals surface area contributed by atoms with E-state index in [1.807, 2.05) is 6.08 Å². The van der Waals surface area contributed by atoms with Crippen molar-refractivity contribution in [1.82, 2.24) is 0 Å². The summed E-state index contributed by atoms with van der Waals surface area (Å²) in [4.78, 5) is 11.3. The molecule has 7 nitrogen and oxygen atoms in total. The largest absolute Gasteiger partial charge is 0.469 e. The van der Waals surface area contributed by atoms with E-state index < -0.39 is 6.10 Å². The maximum Gasteiger partial charge on any atom is 0.305 e. The quantitative estimate of drug-likeness (QED) is 0.142. The second kappa shape index (κ2) is 18.2. The highest BCUT2D eigenvalue weighted by Crippen LogP contribution is 2.40. The molecule has 2 saturated heterocycles. The minimum absolute atomic E-state index is 0.00726. The molecular weight excluding hydrogens is 484 g/mol. The molecule has 0 radical (unpaired) electrons. The van der Waals surface area contributed by atoms with Gasteiger partial charge in [-0.05, 0) is 70.1 Å². The van der Waals surface area contributed by atoms with Gasteiger partial charge >= 0.3 is 5.97 Å². The second-order valence-corrected chi connectivity index (χ2v) is 11.0. The average molecular weight is 537 g/mol. The number of hydrogen-bond acceptors (Lipinski definition) is 7. The van der Waals surface area contributed by atoms with Crippen molar-refractivity contribution in [1.29, 1.82) is 0 Å². The lowest BCUT2D eigenvalue weighted by molar-refractivity contribution is -0.193. The van der Waals surface area contributed by atoms with Gasteiger partial charge in [-0.3, -0.25) is 4.79 Å². The Morgan fingerprint density at radius 3 is 2.45 bits per heavy atom. The third-order valence-corrected chi connectivity index (χ3v) is 8.04. The van der Waals surface area contributed by atoms with Crippen LogP contribution in [0.3, 0.4) is 0 Å². The van der Waals surface area contributed by atoms with E-state index in [1.165, 1.54) is 20.0 Å². The molecule has 7 atom stereocenters. The molecule has 0 spiro atoms. The lowest BCUT2D eigenvalue weighted by Crippen LogP contribution is -2.31. The predicted octanol–water partition coefficient (Wildman–Crippen LogP) is 6.23. The van der Waals surface area contributed by atoms with Crippen molar-refractivity contribution in [2.75, 3.05) is 20.3 Å². The fourth-order valence-corrected chi connectivity index (χ4v) is 5.81. The zero-order chi connectivity index (χ0) is 27.0. The second-order valence-electron chi connectivity index (χ2n) is 11.0. The number of carbonyl (C=O) groups excluding carboxylic acids is 1. The Balaban J connectivity index is 1.65. The van der Waals surface area contributed by atoms with Crippen LogP contribution in [0.15, 0.2) is 24.3 Å². The summed E-state index contributed by atoms with van der Waals surface area (Å²) in [5.74, 6) is 0.0150. The molecular formula is C31H52O7. The number of esters is 1. The SMILES string of the molecule is CCCCC[C@@H](/C=C/[C@@H]1[C@@H](CC/C=C\CCC(=O)OC)[C@@H](O)C[C@H]1OC1CCCCO1)OC1CCCCO1. The van der Waals surface area contributed by atoms with Crippen molar-refractivity contribution < 1.29 is 33.6 Å². The van der Waals surface area contributed by atoms with Gasteiger partial charge in [0.25, 0.3) is 0 Å². The van der Waals surface area contributed by atoms with Crippen molar-refractivity contribution in [3.8, 4) is 0 Å². The van der Waals surface area contributed by atoms with Crippen LogP contribution in [0.1, 0.15) is 103 Å². The number of hydrogen-bond donors (Lipinski definition) is 1. The Kier molecular flexibility index (Phi) is 15.0. The van der Waals surface area contributed by atoms with E-state index in [0.717, 1.165) is 77.4 Å². The Labute approximate surface area is 230 Å². The zero-order valence-electron chi connectivity index (χ0n) is 23.8. The number of methoxy groups -OCH3 is 1. The summed E-state index contributed by atoms with van der Waals surface area (Å²) in [5, 5.41) is 11.1. The Hall–Kier alpha value is -1.25. The summed E-state index contributed by atoms with van der Waals surface area (Å²) in [6, 6.07) is 0. The van der Waals surface area contributed by atoms with Crippen LogP contribution in [0.5, 0.6) is 0 Å². The zero-order valence-corrected chi connectivity index (χ0v) is 23.8. The first-order valence-electron chi connectivity index (χ1n) is 15.2. The third kappa shape index (κ3) is 11.1. The number of aliphatic hydroxyl groups is 1. The predicted molar refractivity (Wildman–Crippen MR) is 147 cm³/mol. The topological polar surface area (TPSA) is 83.5 Å². The van der Waals surface area contributed by atoms with Crippen LogP contribution in [0.25, 0.3) is 0 Å². The molecule has 2 aliphatic heterocycles. The number of carbonyl (C=O) groups is 1. The fourth-order valence-electron chi connectivity index (χ4n) is 5.81. The molecule has 7 heteroatoms. The summed E-state index contributed by atoms with van der Waals surface area (Å²) < 4.78 is 29.3. The molecule has 0 bridgehead atoms. The normalized spacial score (nSPS) is 31.2. The summed E-state index contributed by atoms with van der Waals surface area (Å²) >= 11 is 0. The van der Waals surface area contributed by atoms with Gasteiger partial charge in [0.15, 0.2) is 12.6 Å².